The summed E-state index contributed by atoms with van der Waals surface area (Å²) in [6, 6.07) is 27.7. The standard InChI is InChI=1S/C22H19Cl2N7OS.C22H20ClN7OS/c1-12-3-5-14(6-4-12)28-19(32)10-16-11-25-22(33-16)31-21-27-13(2)26-20(30-21)29-15-7-8-17(23)18(24)9-15;1-13-3-7-16(8-4-13)27-19(31)11-18-12-24-22(32-18)30-21-26-14(2)25-20(29-21)28-17-9-5-15(23)6-10-17/h3-9,11H,10H2,1-2H3,(H,28,32)(H2,25,26,27,29,30,31);3-10,12H,11H2,1-2H3,(H,27,31)(H2,24,25,26,28,29,30). The van der Waals surface area contributed by atoms with Crippen LogP contribution in [0, 0.1) is 27.7 Å². The summed E-state index contributed by atoms with van der Waals surface area (Å²) in [5, 5.41) is 20.8. The number of hydrogen-bond acceptors (Lipinski definition) is 16. The molecule has 4 aromatic carbocycles. The van der Waals surface area contributed by atoms with Gasteiger partial charge in [0.1, 0.15) is 11.6 Å². The summed E-state index contributed by atoms with van der Waals surface area (Å²) in [5.74, 6) is 2.29. The van der Waals surface area contributed by atoms with Crippen molar-refractivity contribution in [2.45, 2.75) is 40.5 Å². The Morgan fingerprint density at radius 2 is 0.877 bits per heavy atom. The Bertz CT molecular complexity index is 2920. The molecule has 8 rings (SSSR count). The molecule has 0 atom stereocenters. The number of halogens is 3. The Hall–Kier alpha value is -6.83. The van der Waals surface area contributed by atoms with Gasteiger partial charge >= 0.3 is 0 Å². The van der Waals surface area contributed by atoms with Crippen LogP contribution in [0.3, 0.4) is 0 Å². The van der Waals surface area contributed by atoms with E-state index < -0.39 is 0 Å². The number of rotatable bonds is 14. The molecule has 65 heavy (non-hydrogen) atoms. The minimum Gasteiger partial charge on any atom is -0.326 e. The van der Waals surface area contributed by atoms with Gasteiger partial charge in [0, 0.05) is 49.9 Å². The summed E-state index contributed by atoms with van der Waals surface area (Å²) < 4.78 is 0. The normalized spacial score (nSPS) is 10.6. The summed E-state index contributed by atoms with van der Waals surface area (Å²) in [5.41, 5.74) is 5.30. The fourth-order valence-corrected chi connectivity index (χ4v) is 7.67. The fraction of sp³-hybridized carbons (Fsp3) is 0.136. The number of nitrogens with zero attached hydrogens (tertiary/aromatic N) is 8. The maximum Gasteiger partial charge on any atom is 0.234 e. The van der Waals surface area contributed by atoms with Gasteiger partial charge in [0.05, 0.1) is 22.9 Å². The van der Waals surface area contributed by atoms with E-state index in [-0.39, 0.29) is 24.7 Å². The lowest BCUT2D eigenvalue weighted by Crippen LogP contribution is -2.13. The zero-order valence-electron chi connectivity index (χ0n) is 35.1. The molecule has 0 aliphatic carbocycles. The maximum atomic E-state index is 12.3. The largest absolute Gasteiger partial charge is 0.326 e. The number of aryl methyl sites for hydroxylation is 4. The molecule has 330 valence electrons. The molecule has 16 nitrogen and oxygen atoms in total. The van der Waals surface area contributed by atoms with Gasteiger partial charge in [-0.3, -0.25) is 20.2 Å². The molecule has 0 aliphatic rings. The molecule has 0 fully saturated rings. The van der Waals surface area contributed by atoms with Crippen LogP contribution in [0.15, 0.2) is 103 Å². The zero-order valence-corrected chi connectivity index (χ0v) is 39.0. The van der Waals surface area contributed by atoms with Crippen molar-refractivity contribution in [2.75, 3.05) is 31.9 Å². The van der Waals surface area contributed by atoms with Crippen LogP contribution in [0.2, 0.25) is 15.1 Å². The van der Waals surface area contributed by atoms with Gasteiger partial charge in [0.15, 0.2) is 10.3 Å². The third-order valence-electron chi connectivity index (χ3n) is 8.66. The average molecular weight is 966 g/mol. The molecule has 0 saturated carbocycles. The molecule has 0 radical (unpaired) electrons. The number of benzene rings is 4. The fourth-order valence-electron chi connectivity index (χ4n) is 5.64. The Morgan fingerprint density at radius 3 is 1.32 bits per heavy atom. The molecule has 0 saturated heterocycles. The predicted molar refractivity (Wildman–Crippen MR) is 261 cm³/mol. The number of carbonyl (C=O) groups is 2. The van der Waals surface area contributed by atoms with E-state index in [1.165, 1.54) is 22.7 Å². The number of amides is 2. The van der Waals surface area contributed by atoms with E-state index in [4.69, 9.17) is 34.8 Å². The van der Waals surface area contributed by atoms with Crippen molar-refractivity contribution >= 4 is 126 Å². The van der Waals surface area contributed by atoms with Gasteiger partial charge in [-0.25, -0.2) is 9.97 Å². The highest BCUT2D eigenvalue weighted by Gasteiger charge is 2.13. The number of carbonyl (C=O) groups excluding carboxylic acids is 2. The van der Waals surface area contributed by atoms with Crippen LogP contribution in [0.25, 0.3) is 0 Å². The molecule has 0 unspecified atom stereocenters. The lowest BCUT2D eigenvalue weighted by atomic mass is 10.2. The van der Waals surface area contributed by atoms with Crippen molar-refractivity contribution < 1.29 is 9.59 Å². The van der Waals surface area contributed by atoms with Crippen molar-refractivity contribution in [3.8, 4) is 0 Å². The zero-order chi connectivity index (χ0) is 45.9. The summed E-state index contributed by atoms with van der Waals surface area (Å²) in [6.45, 7) is 7.54. The minimum atomic E-state index is -0.113. The van der Waals surface area contributed by atoms with Crippen LogP contribution in [-0.4, -0.2) is 51.7 Å². The van der Waals surface area contributed by atoms with Crippen LogP contribution >= 0.6 is 57.5 Å². The lowest BCUT2D eigenvalue weighted by Gasteiger charge is -2.08. The maximum absolute atomic E-state index is 12.3. The third-order valence-corrected chi connectivity index (χ3v) is 11.5. The molecule has 6 N–H and O–H groups in total. The molecule has 0 spiro atoms. The molecule has 0 bridgehead atoms. The first-order valence-corrected chi connectivity index (χ1v) is 22.4. The van der Waals surface area contributed by atoms with E-state index in [2.05, 4.69) is 71.8 Å². The van der Waals surface area contributed by atoms with E-state index in [0.29, 0.717) is 66.5 Å². The van der Waals surface area contributed by atoms with Gasteiger partial charge in [-0.2, -0.15) is 29.9 Å². The van der Waals surface area contributed by atoms with Gasteiger partial charge in [-0.05, 0) is 94.4 Å². The van der Waals surface area contributed by atoms with Gasteiger partial charge in [-0.15, -0.1) is 22.7 Å². The number of hydrogen-bond donors (Lipinski definition) is 6. The number of nitrogens with one attached hydrogen (secondary N) is 6. The summed E-state index contributed by atoms with van der Waals surface area (Å²) in [4.78, 5) is 60.9. The average Bonchev–Trinajstić information content (AvgIpc) is 3.89. The molecule has 2 amide bonds. The van der Waals surface area contributed by atoms with Gasteiger partial charge in [0.2, 0.25) is 35.6 Å². The lowest BCUT2D eigenvalue weighted by molar-refractivity contribution is -0.116. The summed E-state index contributed by atoms with van der Waals surface area (Å²) in [6.07, 6.45) is 3.77. The monoisotopic (exact) mass is 964 g/mol. The van der Waals surface area contributed by atoms with Crippen LogP contribution in [0.4, 0.5) is 56.8 Å². The van der Waals surface area contributed by atoms with E-state index >= 15 is 0 Å². The van der Waals surface area contributed by atoms with Crippen molar-refractivity contribution in [3.63, 3.8) is 0 Å². The minimum absolute atomic E-state index is 0.102. The van der Waals surface area contributed by atoms with Gasteiger partial charge in [-0.1, -0.05) is 70.2 Å². The molecular weight excluding hydrogens is 927 g/mol. The van der Waals surface area contributed by atoms with Crippen molar-refractivity contribution in [1.82, 2.24) is 39.9 Å². The van der Waals surface area contributed by atoms with Crippen LogP contribution in [0.1, 0.15) is 32.5 Å². The second-order valence-electron chi connectivity index (χ2n) is 14.1. The summed E-state index contributed by atoms with van der Waals surface area (Å²) in [7, 11) is 0. The second kappa shape index (κ2) is 21.7. The van der Waals surface area contributed by atoms with E-state index in [0.717, 1.165) is 37.9 Å². The van der Waals surface area contributed by atoms with Crippen LogP contribution < -0.4 is 31.9 Å². The van der Waals surface area contributed by atoms with E-state index in [1.54, 1.807) is 56.6 Å². The Morgan fingerprint density at radius 1 is 0.477 bits per heavy atom. The Labute approximate surface area is 396 Å². The van der Waals surface area contributed by atoms with Crippen LogP contribution in [0.5, 0.6) is 0 Å². The first-order valence-electron chi connectivity index (χ1n) is 19.6. The molecule has 8 aromatic rings. The number of aromatic nitrogens is 8. The van der Waals surface area contributed by atoms with Crippen LogP contribution in [-0.2, 0) is 22.4 Å². The van der Waals surface area contributed by atoms with E-state index in [9.17, 15) is 9.59 Å². The van der Waals surface area contributed by atoms with Crippen molar-refractivity contribution in [1.29, 1.82) is 0 Å². The highest BCUT2D eigenvalue weighted by molar-refractivity contribution is 7.16. The van der Waals surface area contributed by atoms with Gasteiger partial charge < -0.3 is 21.3 Å². The predicted octanol–water partition coefficient (Wildman–Crippen LogP) is 11.2. The topological polar surface area (TPSA) is 209 Å². The van der Waals surface area contributed by atoms with Gasteiger partial charge in [0.25, 0.3) is 0 Å². The smallest absolute Gasteiger partial charge is 0.234 e. The number of anilines is 10. The Kier molecular flexibility index (Phi) is 15.4. The van der Waals surface area contributed by atoms with E-state index in [1.807, 2.05) is 74.5 Å². The quantitative estimate of drug-likeness (QED) is 0.0599. The molecular formula is C44H39Cl3N14O2S2. The molecule has 21 heteroatoms. The van der Waals surface area contributed by atoms with Crippen molar-refractivity contribution in [3.05, 3.63) is 151 Å². The number of thiazole rings is 2. The highest BCUT2D eigenvalue weighted by atomic mass is 35.5. The second-order valence-corrected chi connectivity index (χ2v) is 17.6. The molecule has 4 aromatic heterocycles. The molecule has 4 heterocycles. The SMILES string of the molecule is Cc1ccc(NC(=O)Cc2cnc(Nc3nc(C)nc(Nc4ccc(Cl)c(Cl)c4)n3)s2)cc1.Cc1ccc(NC(=O)Cc2cnc(Nc3nc(C)nc(Nc4ccc(Cl)cc4)n3)s2)cc1. The third kappa shape index (κ3) is 14.3. The Balaban J connectivity index is 0.000000194. The summed E-state index contributed by atoms with van der Waals surface area (Å²) >= 11 is 20.7. The first kappa shape index (κ1) is 46.2. The highest BCUT2D eigenvalue weighted by Crippen LogP contribution is 2.28. The van der Waals surface area contributed by atoms with Crippen molar-refractivity contribution in [2.24, 2.45) is 0 Å². The molecule has 0 aliphatic heterocycles. The first-order chi connectivity index (χ1) is 31.3.